The van der Waals surface area contributed by atoms with Crippen molar-refractivity contribution in [3.8, 4) is 0 Å². The number of halogens is 1. The Kier molecular flexibility index (Phi) is 6.59. The highest BCUT2D eigenvalue weighted by Gasteiger charge is 2.15. The van der Waals surface area contributed by atoms with Gasteiger partial charge in [0, 0.05) is 17.4 Å². The van der Waals surface area contributed by atoms with Crippen LogP contribution in [0.3, 0.4) is 0 Å². The maximum absolute atomic E-state index is 12.9. The summed E-state index contributed by atoms with van der Waals surface area (Å²) in [5, 5.41) is 11.8. The first-order valence-corrected chi connectivity index (χ1v) is 7.23. The van der Waals surface area contributed by atoms with Gasteiger partial charge < -0.3 is 10.4 Å². The van der Waals surface area contributed by atoms with Gasteiger partial charge in [-0.1, -0.05) is 12.1 Å². The van der Waals surface area contributed by atoms with E-state index in [1.165, 1.54) is 30.0 Å². The third-order valence-corrected chi connectivity index (χ3v) is 3.85. The molecule has 104 valence electrons. The predicted molar refractivity (Wildman–Crippen MR) is 77.4 cm³/mol. The fourth-order valence-corrected chi connectivity index (χ4v) is 2.21. The van der Waals surface area contributed by atoms with Gasteiger partial charge >= 0.3 is 0 Å². The molecule has 1 aromatic rings. The van der Waals surface area contributed by atoms with Gasteiger partial charge in [-0.3, -0.25) is 4.79 Å². The highest BCUT2D eigenvalue weighted by atomic mass is 32.2. The second-order valence-corrected chi connectivity index (χ2v) is 5.22. The number of carbonyl (C=O) groups is 1. The van der Waals surface area contributed by atoms with Gasteiger partial charge in [-0.05, 0) is 37.0 Å². The number of hydrogen-bond acceptors (Lipinski definition) is 3. The van der Waals surface area contributed by atoms with Gasteiger partial charge in [0.05, 0.1) is 6.61 Å². The molecule has 19 heavy (non-hydrogen) atoms. The largest absolute Gasteiger partial charge is 0.395 e. The summed E-state index contributed by atoms with van der Waals surface area (Å²) in [6.45, 7) is 1.85. The van der Waals surface area contributed by atoms with Crippen LogP contribution in [0.1, 0.15) is 12.5 Å². The average molecular weight is 283 g/mol. The van der Waals surface area contributed by atoms with Crippen LogP contribution >= 0.6 is 11.8 Å². The van der Waals surface area contributed by atoms with E-state index >= 15 is 0 Å². The lowest BCUT2D eigenvalue weighted by Gasteiger charge is -2.20. The normalized spacial score (nSPS) is 14.3. The highest BCUT2D eigenvalue weighted by Crippen LogP contribution is 2.10. The summed E-state index contributed by atoms with van der Waals surface area (Å²) < 4.78 is 12.9. The fraction of sp³-hybridized carbons (Fsp3) is 0.357. The maximum atomic E-state index is 12.9. The molecule has 1 amide bonds. The van der Waals surface area contributed by atoms with E-state index in [4.69, 9.17) is 5.11 Å². The quantitative estimate of drug-likeness (QED) is 0.786. The molecule has 3 nitrogen and oxygen atoms in total. The van der Waals surface area contributed by atoms with E-state index in [0.29, 0.717) is 5.56 Å². The molecule has 0 spiro atoms. The molecule has 0 saturated carbocycles. The van der Waals surface area contributed by atoms with E-state index in [0.717, 1.165) is 0 Å². The van der Waals surface area contributed by atoms with Crippen LogP contribution in [0, 0.1) is 5.82 Å². The zero-order valence-electron chi connectivity index (χ0n) is 11.0. The summed E-state index contributed by atoms with van der Waals surface area (Å²) in [5.74, 6) is -0.595. The summed E-state index contributed by atoms with van der Waals surface area (Å²) >= 11 is 1.50. The molecule has 1 aromatic carbocycles. The van der Waals surface area contributed by atoms with Crippen LogP contribution < -0.4 is 5.32 Å². The fourth-order valence-electron chi connectivity index (χ4n) is 1.58. The molecule has 2 atom stereocenters. The van der Waals surface area contributed by atoms with Crippen LogP contribution in [0.4, 0.5) is 4.39 Å². The minimum atomic E-state index is -0.335. The smallest absolute Gasteiger partial charge is 0.244 e. The van der Waals surface area contributed by atoms with Crippen molar-refractivity contribution < 1.29 is 14.3 Å². The van der Waals surface area contributed by atoms with Crippen molar-refractivity contribution in [2.45, 2.75) is 18.2 Å². The Morgan fingerprint density at radius 1 is 1.58 bits per heavy atom. The first-order valence-electron chi connectivity index (χ1n) is 5.94. The lowest BCUT2D eigenvalue weighted by Crippen LogP contribution is -2.40. The second kappa shape index (κ2) is 7.96. The second-order valence-electron chi connectivity index (χ2n) is 4.14. The molecule has 0 saturated heterocycles. The molecule has 0 aliphatic heterocycles. The molecule has 0 bridgehead atoms. The molecule has 1 rings (SSSR count). The standard InChI is InChI=1S/C14H18FNO2S/c1-10(13(9-17)19-2)16-14(18)7-6-11-4-3-5-12(15)8-11/h3-8,10,13,17H,9H2,1-2H3,(H,16,18)/b7-6+. The van der Waals surface area contributed by atoms with Gasteiger partial charge in [-0.2, -0.15) is 11.8 Å². The molecule has 5 heteroatoms. The number of rotatable bonds is 6. The first kappa shape index (κ1) is 15.7. The van der Waals surface area contributed by atoms with E-state index in [9.17, 15) is 9.18 Å². The van der Waals surface area contributed by atoms with Gasteiger partial charge in [-0.25, -0.2) is 4.39 Å². The van der Waals surface area contributed by atoms with Crippen molar-refractivity contribution in [1.29, 1.82) is 0 Å². The van der Waals surface area contributed by atoms with E-state index in [2.05, 4.69) is 5.32 Å². The molecule has 0 fully saturated rings. The molecule has 0 aromatic heterocycles. The lowest BCUT2D eigenvalue weighted by molar-refractivity contribution is -0.117. The van der Waals surface area contributed by atoms with Gasteiger partial charge in [0.15, 0.2) is 0 Å². The molecule has 0 aliphatic rings. The summed E-state index contributed by atoms with van der Waals surface area (Å²) in [5.41, 5.74) is 0.631. The average Bonchev–Trinajstić information content (AvgIpc) is 2.38. The number of thioether (sulfide) groups is 1. The third kappa shape index (κ3) is 5.44. The van der Waals surface area contributed by atoms with Crippen molar-refractivity contribution in [2.75, 3.05) is 12.9 Å². The van der Waals surface area contributed by atoms with Crippen molar-refractivity contribution in [1.82, 2.24) is 5.32 Å². The van der Waals surface area contributed by atoms with Gasteiger partial charge in [0.25, 0.3) is 0 Å². The van der Waals surface area contributed by atoms with Gasteiger partial charge in [0.1, 0.15) is 5.82 Å². The molecular weight excluding hydrogens is 265 g/mol. The summed E-state index contributed by atoms with van der Waals surface area (Å²) in [6, 6.07) is 5.87. The Morgan fingerprint density at radius 2 is 2.32 bits per heavy atom. The first-order chi connectivity index (χ1) is 9.06. The molecule has 0 heterocycles. The van der Waals surface area contributed by atoms with Gasteiger partial charge in [-0.15, -0.1) is 0 Å². The Labute approximate surface area is 116 Å². The monoisotopic (exact) mass is 283 g/mol. The van der Waals surface area contributed by atoms with Crippen LogP contribution in [0.2, 0.25) is 0 Å². The van der Waals surface area contributed by atoms with E-state index in [-0.39, 0.29) is 29.6 Å². The zero-order chi connectivity index (χ0) is 14.3. The number of nitrogens with one attached hydrogen (secondary N) is 1. The topological polar surface area (TPSA) is 49.3 Å². The van der Waals surface area contributed by atoms with Crippen molar-refractivity contribution in [3.05, 3.63) is 41.7 Å². The minimum absolute atomic E-state index is 0.0101. The number of hydrogen-bond donors (Lipinski definition) is 2. The summed E-state index contributed by atoms with van der Waals surface area (Å²) in [7, 11) is 0. The van der Waals surface area contributed by atoms with Crippen molar-refractivity contribution in [3.63, 3.8) is 0 Å². The maximum Gasteiger partial charge on any atom is 0.244 e. The van der Waals surface area contributed by atoms with E-state index < -0.39 is 0 Å². The number of aliphatic hydroxyl groups excluding tert-OH is 1. The zero-order valence-corrected chi connectivity index (χ0v) is 11.8. The molecule has 2 unspecified atom stereocenters. The Bertz CT molecular complexity index is 447. The molecule has 0 radical (unpaired) electrons. The lowest BCUT2D eigenvalue weighted by atomic mass is 10.2. The predicted octanol–water partition coefficient (Wildman–Crippen LogP) is 2.07. The number of aliphatic hydroxyl groups is 1. The van der Waals surface area contributed by atoms with Crippen LogP contribution in [0.25, 0.3) is 6.08 Å². The van der Waals surface area contributed by atoms with E-state index in [1.807, 2.05) is 13.2 Å². The Morgan fingerprint density at radius 3 is 2.89 bits per heavy atom. The van der Waals surface area contributed by atoms with Crippen molar-refractivity contribution >= 4 is 23.7 Å². The molecule has 0 aliphatic carbocycles. The number of carbonyl (C=O) groups excluding carboxylic acids is 1. The minimum Gasteiger partial charge on any atom is -0.395 e. The molecular formula is C14H18FNO2S. The van der Waals surface area contributed by atoms with Crippen LogP contribution in [0.5, 0.6) is 0 Å². The van der Waals surface area contributed by atoms with Gasteiger partial charge in [0.2, 0.25) is 5.91 Å². The van der Waals surface area contributed by atoms with Crippen LogP contribution in [-0.2, 0) is 4.79 Å². The Hall–Kier alpha value is -1.33. The van der Waals surface area contributed by atoms with E-state index in [1.54, 1.807) is 18.2 Å². The van der Waals surface area contributed by atoms with Crippen LogP contribution in [0.15, 0.2) is 30.3 Å². The third-order valence-electron chi connectivity index (χ3n) is 2.69. The molecule has 2 N–H and O–H groups in total. The number of amides is 1. The number of benzene rings is 1. The van der Waals surface area contributed by atoms with Crippen molar-refractivity contribution in [2.24, 2.45) is 0 Å². The SMILES string of the molecule is CSC(CO)C(C)NC(=O)/C=C/c1cccc(F)c1. The summed E-state index contributed by atoms with van der Waals surface area (Å²) in [6.07, 6.45) is 4.80. The van der Waals surface area contributed by atoms with Crippen LogP contribution in [-0.4, -0.2) is 35.2 Å². The summed E-state index contributed by atoms with van der Waals surface area (Å²) in [4.78, 5) is 11.7. The Balaban J connectivity index is 2.55. The highest BCUT2D eigenvalue weighted by molar-refractivity contribution is 7.99.